The predicted octanol–water partition coefficient (Wildman–Crippen LogP) is 4.93. The molecule has 5 heteroatoms. The molecule has 2 rings (SSSR count). The van der Waals surface area contributed by atoms with E-state index in [0.29, 0.717) is 0 Å². The summed E-state index contributed by atoms with van der Waals surface area (Å²) in [5, 5.41) is 2.17. The van der Waals surface area contributed by atoms with E-state index >= 15 is 0 Å². The molecule has 0 saturated carbocycles. The van der Waals surface area contributed by atoms with Gasteiger partial charge < -0.3 is 10.6 Å². The molecule has 0 radical (unpaired) electrons. The number of nitrogens with two attached hydrogens (primary N) is 1. The Kier molecular flexibility index (Phi) is 5.06. The van der Waals surface area contributed by atoms with E-state index in [1.54, 1.807) is 11.3 Å². The number of thiophene rings is 1. The fraction of sp³-hybridized carbons (Fsp3) is 0.286. The fourth-order valence-electron chi connectivity index (χ4n) is 2.03. The third-order valence-corrected chi connectivity index (χ3v) is 4.98. The van der Waals surface area contributed by atoms with Gasteiger partial charge in [-0.15, -0.1) is 11.3 Å². The summed E-state index contributed by atoms with van der Waals surface area (Å²) in [6.07, 6.45) is 0. The van der Waals surface area contributed by atoms with E-state index in [1.807, 2.05) is 6.92 Å². The Morgan fingerprint density at radius 3 is 2.63 bits per heavy atom. The molecule has 1 aromatic heterocycles. The van der Waals surface area contributed by atoms with E-state index in [-0.39, 0.29) is 6.04 Å². The molecule has 0 bridgehead atoms. The van der Waals surface area contributed by atoms with Crippen molar-refractivity contribution in [2.45, 2.75) is 19.5 Å². The maximum atomic E-state index is 6.07. The van der Waals surface area contributed by atoms with Crippen molar-refractivity contribution >= 4 is 48.9 Å². The highest BCUT2D eigenvalue weighted by Gasteiger charge is 2.12. The van der Waals surface area contributed by atoms with Crippen molar-refractivity contribution in [2.24, 2.45) is 5.73 Å². The molecular formula is C14H16Br2N2S. The summed E-state index contributed by atoms with van der Waals surface area (Å²) in [5.41, 5.74) is 9.71. The van der Waals surface area contributed by atoms with Gasteiger partial charge in [0.05, 0.1) is 3.79 Å². The highest BCUT2D eigenvalue weighted by molar-refractivity contribution is 9.11. The number of hydrogen-bond donors (Lipinski definition) is 1. The van der Waals surface area contributed by atoms with Crippen molar-refractivity contribution in [1.82, 2.24) is 0 Å². The Hall–Kier alpha value is -0.360. The van der Waals surface area contributed by atoms with Crippen LogP contribution in [0.5, 0.6) is 0 Å². The fourth-order valence-corrected chi connectivity index (χ4v) is 3.60. The monoisotopic (exact) mass is 402 g/mol. The molecule has 1 atom stereocenters. The number of rotatable bonds is 4. The van der Waals surface area contributed by atoms with Crippen LogP contribution in [0.4, 0.5) is 5.69 Å². The molecule has 1 aromatic carbocycles. The first kappa shape index (κ1) is 15.0. The zero-order valence-corrected chi connectivity index (χ0v) is 14.8. The van der Waals surface area contributed by atoms with Crippen LogP contribution in [0.15, 0.2) is 37.9 Å². The van der Waals surface area contributed by atoms with E-state index in [4.69, 9.17) is 5.73 Å². The lowest BCUT2D eigenvalue weighted by molar-refractivity contribution is 0.801. The molecule has 0 aliphatic rings. The van der Waals surface area contributed by atoms with Gasteiger partial charge in [0.15, 0.2) is 0 Å². The minimum atomic E-state index is 0.0177. The highest BCUT2D eigenvalue weighted by atomic mass is 79.9. The van der Waals surface area contributed by atoms with Gasteiger partial charge in [-0.1, -0.05) is 15.9 Å². The Morgan fingerprint density at radius 2 is 2.05 bits per heavy atom. The molecular weight excluding hydrogens is 388 g/mol. The third kappa shape index (κ3) is 3.81. The maximum absolute atomic E-state index is 6.07. The smallest absolute Gasteiger partial charge is 0.0701 e. The predicted molar refractivity (Wildman–Crippen MR) is 90.9 cm³/mol. The first-order valence-corrected chi connectivity index (χ1v) is 8.43. The molecule has 0 saturated heterocycles. The van der Waals surface area contributed by atoms with Crippen molar-refractivity contribution in [3.63, 3.8) is 0 Å². The molecule has 19 heavy (non-hydrogen) atoms. The number of anilines is 1. The number of halogens is 2. The first-order chi connectivity index (χ1) is 8.97. The molecule has 0 spiro atoms. The summed E-state index contributed by atoms with van der Waals surface area (Å²) in [5.74, 6) is 0. The Balaban J connectivity index is 2.25. The largest absolute Gasteiger partial charge is 0.370 e. The summed E-state index contributed by atoms with van der Waals surface area (Å²) in [6.45, 7) is 2.89. The Morgan fingerprint density at radius 1 is 1.32 bits per heavy atom. The summed E-state index contributed by atoms with van der Waals surface area (Å²) >= 11 is 8.72. The van der Waals surface area contributed by atoms with Crippen LogP contribution in [0.1, 0.15) is 24.1 Å². The second-order valence-electron chi connectivity index (χ2n) is 4.61. The molecule has 0 aliphatic heterocycles. The topological polar surface area (TPSA) is 29.3 Å². The first-order valence-electron chi connectivity index (χ1n) is 5.96. The summed E-state index contributed by atoms with van der Waals surface area (Å²) < 4.78 is 2.23. The van der Waals surface area contributed by atoms with Crippen LogP contribution < -0.4 is 10.6 Å². The van der Waals surface area contributed by atoms with Gasteiger partial charge in [-0.25, -0.2) is 0 Å². The average Bonchev–Trinajstić information content (AvgIpc) is 2.74. The van der Waals surface area contributed by atoms with Gasteiger partial charge in [0.25, 0.3) is 0 Å². The average molecular weight is 404 g/mol. The maximum Gasteiger partial charge on any atom is 0.0701 e. The van der Waals surface area contributed by atoms with E-state index in [1.165, 1.54) is 15.0 Å². The van der Waals surface area contributed by atoms with Crippen LogP contribution in [0, 0.1) is 0 Å². The van der Waals surface area contributed by atoms with Crippen molar-refractivity contribution in [3.05, 3.63) is 49.0 Å². The quantitative estimate of drug-likeness (QED) is 0.783. The van der Waals surface area contributed by atoms with Crippen molar-refractivity contribution in [3.8, 4) is 0 Å². The van der Waals surface area contributed by atoms with Gasteiger partial charge in [0.1, 0.15) is 0 Å². The minimum Gasteiger partial charge on any atom is -0.370 e. The normalized spacial score (nSPS) is 12.5. The minimum absolute atomic E-state index is 0.0177. The van der Waals surface area contributed by atoms with E-state index < -0.39 is 0 Å². The molecule has 2 nitrogen and oxygen atoms in total. The van der Waals surface area contributed by atoms with E-state index in [0.717, 1.165) is 16.6 Å². The van der Waals surface area contributed by atoms with Gasteiger partial charge >= 0.3 is 0 Å². The molecule has 102 valence electrons. The van der Waals surface area contributed by atoms with Gasteiger partial charge in [-0.3, -0.25) is 0 Å². The molecule has 1 unspecified atom stereocenters. The van der Waals surface area contributed by atoms with Crippen molar-refractivity contribution in [2.75, 3.05) is 11.9 Å². The van der Waals surface area contributed by atoms with E-state index in [9.17, 15) is 0 Å². The lowest BCUT2D eigenvalue weighted by Gasteiger charge is -2.24. The van der Waals surface area contributed by atoms with Crippen LogP contribution in [-0.4, -0.2) is 7.05 Å². The highest BCUT2D eigenvalue weighted by Crippen LogP contribution is 2.30. The summed E-state index contributed by atoms with van der Waals surface area (Å²) in [7, 11) is 2.10. The number of hydrogen-bond acceptors (Lipinski definition) is 3. The van der Waals surface area contributed by atoms with Gasteiger partial charge in [0, 0.05) is 29.8 Å². The van der Waals surface area contributed by atoms with Gasteiger partial charge in [0.2, 0.25) is 0 Å². The van der Waals surface area contributed by atoms with E-state index in [2.05, 4.69) is 73.5 Å². The van der Waals surface area contributed by atoms with Crippen LogP contribution in [-0.2, 0) is 6.54 Å². The third-order valence-electron chi connectivity index (χ3n) is 2.93. The van der Waals surface area contributed by atoms with Crippen LogP contribution in [0.3, 0.4) is 0 Å². The number of benzene rings is 1. The molecule has 2 aromatic rings. The van der Waals surface area contributed by atoms with Gasteiger partial charge in [-0.05, 0) is 63.6 Å². The summed E-state index contributed by atoms with van der Waals surface area (Å²) in [4.78, 5) is 2.24. The molecule has 0 fully saturated rings. The molecule has 2 N–H and O–H groups in total. The van der Waals surface area contributed by atoms with Crippen molar-refractivity contribution in [1.29, 1.82) is 0 Å². The zero-order chi connectivity index (χ0) is 14.0. The summed E-state index contributed by atoms with van der Waals surface area (Å²) in [6, 6.07) is 8.45. The van der Waals surface area contributed by atoms with Crippen LogP contribution >= 0.6 is 43.2 Å². The lowest BCUT2D eigenvalue weighted by atomic mass is 10.1. The lowest BCUT2D eigenvalue weighted by Crippen LogP contribution is -2.19. The molecule has 0 aliphatic carbocycles. The second-order valence-corrected chi connectivity index (χ2v) is 7.81. The Labute approximate surface area is 134 Å². The van der Waals surface area contributed by atoms with Crippen LogP contribution in [0.2, 0.25) is 0 Å². The van der Waals surface area contributed by atoms with Crippen molar-refractivity contribution < 1.29 is 0 Å². The number of nitrogens with zero attached hydrogens (tertiary/aromatic N) is 1. The molecule has 0 amide bonds. The Bertz CT molecular complexity index is 566. The van der Waals surface area contributed by atoms with Gasteiger partial charge in [-0.2, -0.15) is 0 Å². The zero-order valence-electron chi connectivity index (χ0n) is 10.9. The SMILES string of the molecule is CC(N)c1cc(Br)ccc1N(C)Cc1csc(Br)c1. The molecule has 1 heterocycles. The second kappa shape index (κ2) is 6.39. The standard InChI is InChI=1S/C14H16Br2N2S/c1-9(17)12-6-11(15)3-4-13(12)18(2)7-10-5-14(16)19-8-10/h3-6,8-9H,7,17H2,1-2H3. The van der Waals surface area contributed by atoms with Crippen LogP contribution in [0.25, 0.3) is 0 Å².